The van der Waals surface area contributed by atoms with Gasteiger partial charge in [-0.05, 0) is 30.5 Å². The third-order valence-corrected chi connectivity index (χ3v) is 3.93. The highest BCUT2D eigenvalue weighted by Crippen LogP contribution is 2.51. The lowest BCUT2D eigenvalue weighted by Crippen LogP contribution is -2.41. The number of nitrogens with two attached hydrogens (primary N) is 1. The van der Waals surface area contributed by atoms with Crippen molar-refractivity contribution < 1.29 is 4.39 Å². The fourth-order valence-corrected chi connectivity index (χ4v) is 2.63. The van der Waals surface area contributed by atoms with Crippen LogP contribution in [-0.2, 0) is 0 Å². The molecule has 0 spiro atoms. The Kier molecular flexibility index (Phi) is 3.12. The number of hydrogen-bond acceptors (Lipinski definition) is 1. The van der Waals surface area contributed by atoms with E-state index in [1.54, 1.807) is 0 Å². The van der Waals surface area contributed by atoms with Gasteiger partial charge in [-0.25, -0.2) is 4.39 Å². The quantitative estimate of drug-likeness (QED) is 0.894. The Bertz CT molecular complexity index is 344. The first kappa shape index (κ1) is 11.1. The second kappa shape index (κ2) is 4.22. The van der Waals surface area contributed by atoms with Gasteiger partial charge in [0.25, 0.3) is 0 Å². The van der Waals surface area contributed by atoms with Crippen LogP contribution in [0.25, 0.3) is 0 Å². The fraction of sp³-hybridized carbons (Fsp3) is 0.500. The fourth-order valence-electron chi connectivity index (χ4n) is 2.21. The van der Waals surface area contributed by atoms with E-state index in [4.69, 9.17) is 5.73 Å². The first-order valence-electron chi connectivity index (χ1n) is 5.27. The van der Waals surface area contributed by atoms with Gasteiger partial charge < -0.3 is 5.73 Å². The van der Waals surface area contributed by atoms with E-state index in [2.05, 4.69) is 15.9 Å². The van der Waals surface area contributed by atoms with Gasteiger partial charge in [-0.2, -0.15) is 0 Å². The zero-order chi connectivity index (χ0) is 10.9. The van der Waals surface area contributed by atoms with Gasteiger partial charge in [0.2, 0.25) is 0 Å². The van der Waals surface area contributed by atoms with Crippen LogP contribution in [0.15, 0.2) is 28.7 Å². The van der Waals surface area contributed by atoms with Crippen LogP contribution in [0.2, 0.25) is 0 Å². The molecule has 1 nitrogen and oxygen atoms in total. The van der Waals surface area contributed by atoms with Crippen LogP contribution in [0, 0.1) is 5.41 Å². The number of benzene rings is 1. The Morgan fingerprint density at radius 1 is 1.47 bits per heavy atom. The summed E-state index contributed by atoms with van der Waals surface area (Å²) in [6.45, 7) is 0.445. The predicted molar refractivity (Wildman–Crippen MR) is 63.3 cm³/mol. The Labute approximate surface area is 98.0 Å². The van der Waals surface area contributed by atoms with Crippen LogP contribution in [0.5, 0.6) is 0 Å². The summed E-state index contributed by atoms with van der Waals surface area (Å²) in [7, 11) is 0. The summed E-state index contributed by atoms with van der Waals surface area (Å²) in [5, 5.41) is 0. The number of hydrogen-bond donors (Lipinski definition) is 1. The Hall–Kier alpha value is -0.410. The minimum absolute atomic E-state index is 0.291. The van der Waals surface area contributed by atoms with E-state index in [0.717, 1.165) is 29.3 Å². The van der Waals surface area contributed by atoms with E-state index in [1.807, 2.05) is 24.3 Å². The molecule has 1 aliphatic rings. The number of halogens is 2. The molecule has 0 saturated heterocycles. The van der Waals surface area contributed by atoms with Crippen molar-refractivity contribution in [2.24, 2.45) is 11.1 Å². The Morgan fingerprint density at radius 2 is 2.20 bits per heavy atom. The smallest absolute Gasteiger partial charge is 0.132 e. The van der Waals surface area contributed by atoms with Crippen molar-refractivity contribution in [1.29, 1.82) is 0 Å². The largest absolute Gasteiger partial charge is 0.330 e. The van der Waals surface area contributed by atoms with Crippen molar-refractivity contribution in [2.75, 3.05) is 6.54 Å². The van der Waals surface area contributed by atoms with Gasteiger partial charge in [-0.15, -0.1) is 0 Å². The van der Waals surface area contributed by atoms with Crippen LogP contribution in [-0.4, -0.2) is 6.54 Å². The zero-order valence-corrected chi connectivity index (χ0v) is 10.1. The topological polar surface area (TPSA) is 26.0 Å². The van der Waals surface area contributed by atoms with Crippen molar-refractivity contribution in [3.05, 3.63) is 34.3 Å². The SMILES string of the molecule is NCC1(C(F)c2cccc(Br)c2)CCC1. The first-order chi connectivity index (χ1) is 7.18. The van der Waals surface area contributed by atoms with Crippen LogP contribution in [0.4, 0.5) is 4.39 Å². The normalized spacial score (nSPS) is 20.7. The molecule has 2 rings (SSSR count). The predicted octanol–water partition coefficient (Wildman–Crippen LogP) is 3.59. The van der Waals surface area contributed by atoms with Gasteiger partial charge in [-0.1, -0.05) is 34.5 Å². The van der Waals surface area contributed by atoms with Gasteiger partial charge in [0, 0.05) is 16.4 Å². The van der Waals surface area contributed by atoms with E-state index >= 15 is 0 Å². The molecule has 15 heavy (non-hydrogen) atoms. The molecule has 0 aliphatic heterocycles. The van der Waals surface area contributed by atoms with Crippen molar-refractivity contribution in [3.63, 3.8) is 0 Å². The van der Waals surface area contributed by atoms with E-state index in [0.29, 0.717) is 6.54 Å². The molecular formula is C12H15BrFN. The third-order valence-electron chi connectivity index (χ3n) is 3.43. The summed E-state index contributed by atoms with van der Waals surface area (Å²) in [6.07, 6.45) is 2.01. The Balaban J connectivity index is 2.23. The minimum Gasteiger partial charge on any atom is -0.330 e. The van der Waals surface area contributed by atoms with E-state index < -0.39 is 6.17 Å². The molecule has 1 fully saturated rings. The van der Waals surface area contributed by atoms with Crippen LogP contribution in [0.3, 0.4) is 0 Å². The molecule has 0 radical (unpaired) electrons. The van der Waals surface area contributed by atoms with E-state index in [9.17, 15) is 4.39 Å². The molecule has 1 atom stereocenters. The molecule has 0 aromatic heterocycles. The molecule has 0 heterocycles. The van der Waals surface area contributed by atoms with E-state index in [1.165, 1.54) is 0 Å². The van der Waals surface area contributed by atoms with Crippen molar-refractivity contribution in [3.8, 4) is 0 Å². The maximum atomic E-state index is 14.3. The number of alkyl halides is 1. The van der Waals surface area contributed by atoms with Gasteiger partial charge in [-0.3, -0.25) is 0 Å². The lowest BCUT2D eigenvalue weighted by Gasteiger charge is -2.43. The lowest BCUT2D eigenvalue weighted by molar-refractivity contribution is 0.0284. The number of rotatable bonds is 3. The molecule has 1 saturated carbocycles. The standard InChI is InChI=1S/C12H15BrFN/c13-10-4-1-3-9(7-10)11(14)12(8-15)5-2-6-12/h1,3-4,7,11H,2,5-6,8,15H2. The van der Waals surface area contributed by atoms with Gasteiger partial charge in [0.1, 0.15) is 6.17 Å². The molecule has 0 bridgehead atoms. The summed E-state index contributed by atoms with van der Waals surface area (Å²) in [4.78, 5) is 0. The summed E-state index contributed by atoms with van der Waals surface area (Å²) in [5.74, 6) is 0. The summed E-state index contributed by atoms with van der Waals surface area (Å²) in [6, 6.07) is 7.46. The molecular weight excluding hydrogens is 257 g/mol. The van der Waals surface area contributed by atoms with Crippen LogP contribution < -0.4 is 5.73 Å². The second-order valence-corrected chi connectivity index (χ2v) is 5.25. The van der Waals surface area contributed by atoms with Crippen molar-refractivity contribution >= 4 is 15.9 Å². The summed E-state index contributed by atoms with van der Waals surface area (Å²) < 4.78 is 15.2. The Morgan fingerprint density at radius 3 is 2.67 bits per heavy atom. The van der Waals surface area contributed by atoms with Gasteiger partial charge in [0.05, 0.1) is 0 Å². The first-order valence-corrected chi connectivity index (χ1v) is 6.07. The van der Waals surface area contributed by atoms with Crippen molar-refractivity contribution in [2.45, 2.75) is 25.4 Å². The lowest BCUT2D eigenvalue weighted by atomic mass is 9.64. The molecule has 0 amide bonds. The van der Waals surface area contributed by atoms with Gasteiger partial charge >= 0.3 is 0 Å². The van der Waals surface area contributed by atoms with Crippen LogP contribution >= 0.6 is 15.9 Å². The van der Waals surface area contributed by atoms with E-state index in [-0.39, 0.29) is 5.41 Å². The average molecular weight is 272 g/mol. The molecule has 82 valence electrons. The highest BCUT2D eigenvalue weighted by atomic mass is 79.9. The maximum Gasteiger partial charge on any atom is 0.132 e. The van der Waals surface area contributed by atoms with Crippen molar-refractivity contribution in [1.82, 2.24) is 0 Å². The molecule has 2 N–H and O–H groups in total. The molecule has 1 unspecified atom stereocenters. The van der Waals surface area contributed by atoms with Crippen LogP contribution in [0.1, 0.15) is 31.0 Å². The zero-order valence-electron chi connectivity index (χ0n) is 8.55. The average Bonchev–Trinajstić information content (AvgIpc) is 2.17. The molecule has 1 aromatic carbocycles. The maximum absolute atomic E-state index is 14.3. The van der Waals surface area contributed by atoms with Gasteiger partial charge in [0.15, 0.2) is 0 Å². The monoisotopic (exact) mass is 271 g/mol. The second-order valence-electron chi connectivity index (χ2n) is 4.34. The minimum atomic E-state index is -0.922. The highest BCUT2D eigenvalue weighted by Gasteiger charge is 2.44. The molecule has 3 heteroatoms. The summed E-state index contributed by atoms with van der Waals surface area (Å²) in [5.41, 5.74) is 6.15. The molecule has 1 aromatic rings. The summed E-state index contributed by atoms with van der Waals surface area (Å²) >= 11 is 3.36. The molecule has 1 aliphatic carbocycles. The third kappa shape index (κ3) is 1.95. The highest BCUT2D eigenvalue weighted by molar-refractivity contribution is 9.10.